The van der Waals surface area contributed by atoms with Crippen molar-refractivity contribution < 1.29 is 14.3 Å². The summed E-state index contributed by atoms with van der Waals surface area (Å²) in [5, 5.41) is 5.59. The second-order valence-corrected chi connectivity index (χ2v) is 10.4. The third-order valence-corrected chi connectivity index (χ3v) is 6.34. The van der Waals surface area contributed by atoms with Crippen molar-refractivity contribution in [1.82, 2.24) is 5.32 Å². The first-order valence-electron chi connectivity index (χ1n) is 11.5. The normalized spacial score (nSPS) is 16.2. The maximum Gasteiger partial charge on any atom is 0.338 e. The highest BCUT2D eigenvalue weighted by Crippen LogP contribution is 2.45. The minimum absolute atomic E-state index is 0.0585. The Labute approximate surface area is 191 Å². The number of amides is 2. The highest BCUT2D eigenvalue weighted by Gasteiger charge is 2.37. The number of hydrogen-bond donors (Lipinski definition) is 2. The lowest BCUT2D eigenvalue weighted by molar-refractivity contribution is 0.0509. The van der Waals surface area contributed by atoms with Gasteiger partial charge >= 0.3 is 12.0 Å². The number of anilines is 1. The van der Waals surface area contributed by atoms with Crippen LogP contribution in [0.25, 0.3) is 0 Å². The summed E-state index contributed by atoms with van der Waals surface area (Å²) >= 11 is 0. The van der Waals surface area contributed by atoms with Gasteiger partial charge in [0.05, 0.1) is 12.2 Å². The van der Waals surface area contributed by atoms with Crippen LogP contribution in [0.2, 0.25) is 0 Å². The number of benzene rings is 2. The lowest BCUT2D eigenvalue weighted by Crippen LogP contribution is -2.34. The summed E-state index contributed by atoms with van der Waals surface area (Å²) in [4.78, 5) is 24.5. The summed E-state index contributed by atoms with van der Waals surface area (Å²) in [5.74, 6) is -0.282. The Balaban J connectivity index is 1.57. The number of ether oxygens (including phenoxy) is 1. The van der Waals surface area contributed by atoms with E-state index in [0.717, 1.165) is 24.1 Å². The number of nitrogens with one attached hydrogen (secondary N) is 2. The molecule has 3 rings (SSSR count). The zero-order chi connectivity index (χ0) is 23.5. The lowest BCUT2D eigenvalue weighted by atomic mass is 9.63. The van der Waals surface area contributed by atoms with E-state index in [9.17, 15) is 9.59 Å². The Morgan fingerprint density at radius 3 is 2.19 bits per heavy atom. The average molecular weight is 437 g/mol. The van der Waals surface area contributed by atoms with Gasteiger partial charge in [-0.2, -0.15) is 0 Å². The van der Waals surface area contributed by atoms with Crippen molar-refractivity contribution >= 4 is 17.7 Å². The molecule has 1 aliphatic carbocycles. The fourth-order valence-electron chi connectivity index (χ4n) is 4.24. The van der Waals surface area contributed by atoms with E-state index in [-0.39, 0.29) is 28.9 Å². The Morgan fingerprint density at radius 2 is 1.56 bits per heavy atom. The summed E-state index contributed by atoms with van der Waals surface area (Å²) in [7, 11) is 0. The summed E-state index contributed by atoms with van der Waals surface area (Å²) in [6.07, 6.45) is 2.87. The van der Waals surface area contributed by atoms with Crippen molar-refractivity contribution in [2.24, 2.45) is 0 Å². The quantitative estimate of drug-likeness (QED) is 0.549. The number of carbonyl (C=O) groups excluding carboxylic acids is 2. The summed E-state index contributed by atoms with van der Waals surface area (Å²) in [6, 6.07) is 13.5. The summed E-state index contributed by atoms with van der Waals surface area (Å²) in [6.45, 7) is 13.2. The molecule has 0 radical (unpaired) electrons. The zero-order valence-electron chi connectivity index (χ0n) is 20.2. The predicted molar refractivity (Wildman–Crippen MR) is 129 cm³/mol. The van der Waals surface area contributed by atoms with E-state index in [4.69, 9.17) is 4.74 Å². The van der Waals surface area contributed by atoms with Gasteiger partial charge in [0, 0.05) is 18.2 Å². The molecule has 0 spiro atoms. The van der Waals surface area contributed by atoms with Gasteiger partial charge in [0.25, 0.3) is 0 Å². The highest BCUT2D eigenvalue weighted by molar-refractivity contribution is 5.90. The largest absolute Gasteiger partial charge is 0.462 e. The Kier molecular flexibility index (Phi) is 6.97. The topological polar surface area (TPSA) is 67.4 Å². The molecule has 172 valence electrons. The van der Waals surface area contributed by atoms with Crippen molar-refractivity contribution in [1.29, 1.82) is 0 Å². The predicted octanol–water partition coefficient (Wildman–Crippen LogP) is 5.97. The molecule has 0 heterocycles. The third kappa shape index (κ3) is 5.70. The van der Waals surface area contributed by atoms with E-state index < -0.39 is 0 Å². The van der Waals surface area contributed by atoms with Gasteiger partial charge in [-0.25, -0.2) is 9.59 Å². The second kappa shape index (κ2) is 9.35. The Bertz CT molecular complexity index is 975. The molecule has 0 saturated heterocycles. The van der Waals surface area contributed by atoms with Crippen LogP contribution in [-0.4, -0.2) is 24.6 Å². The van der Waals surface area contributed by atoms with Gasteiger partial charge in [0.1, 0.15) is 0 Å². The molecular weight excluding hydrogens is 400 g/mol. The van der Waals surface area contributed by atoms with E-state index in [1.54, 1.807) is 0 Å². The van der Waals surface area contributed by atoms with Gasteiger partial charge in [-0.3, -0.25) is 0 Å². The minimum Gasteiger partial charge on any atom is -0.462 e. The van der Waals surface area contributed by atoms with Crippen molar-refractivity contribution in [3.05, 3.63) is 64.7 Å². The van der Waals surface area contributed by atoms with E-state index >= 15 is 0 Å². The molecule has 5 heteroatoms. The molecule has 1 aliphatic rings. The lowest BCUT2D eigenvalue weighted by Gasteiger charge is -2.41. The molecule has 0 bridgehead atoms. The molecule has 0 fully saturated rings. The fraction of sp³-hybridized carbons (Fsp3) is 0.481. The van der Waals surface area contributed by atoms with Crippen LogP contribution in [0.15, 0.2) is 42.5 Å². The van der Waals surface area contributed by atoms with Gasteiger partial charge < -0.3 is 15.4 Å². The SMILES string of the molecule is CC(C)NC(=O)Nc1ccc(CCOC(=O)c2ccc3c(c2)C(C)(C)CCC3(C)C)cc1. The van der Waals surface area contributed by atoms with E-state index in [0.29, 0.717) is 18.6 Å². The molecule has 5 nitrogen and oxygen atoms in total. The van der Waals surface area contributed by atoms with Gasteiger partial charge in [-0.1, -0.05) is 45.9 Å². The second-order valence-electron chi connectivity index (χ2n) is 10.4. The van der Waals surface area contributed by atoms with Crippen LogP contribution in [0.5, 0.6) is 0 Å². The van der Waals surface area contributed by atoms with Crippen LogP contribution >= 0.6 is 0 Å². The molecule has 0 unspecified atom stereocenters. The molecule has 2 aromatic carbocycles. The van der Waals surface area contributed by atoms with Crippen LogP contribution in [0.4, 0.5) is 10.5 Å². The van der Waals surface area contributed by atoms with E-state index in [1.807, 2.05) is 50.2 Å². The molecule has 0 aliphatic heterocycles. The number of urea groups is 1. The molecule has 2 aromatic rings. The van der Waals surface area contributed by atoms with Crippen LogP contribution in [-0.2, 0) is 22.0 Å². The van der Waals surface area contributed by atoms with Gasteiger partial charge in [0.15, 0.2) is 0 Å². The standard InChI is InChI=1S/C27H36N2O3/c1-18(2)28-25(31)29-21-10-7-19(8-11-21)13-16-32-24(30)20-9-12-22-23(17-20)27(5,6)15-14-26(22,3)4/h7-12,17-18H,13-16H2,1-6H3,(H2,28,29,31). The summed E-state index contributed by atoms with van der Waals surface area (Å²) < 4.78 is 5.56. The van der Waals surface area contributed by atoms with Gasteiger partial charge in [-0.05, 0) is 78.5 Å². The van der Waals surface area contributed by atoms with Crippen molar-refractivity contribution in [2.45, 2.75) is 77.7 Å². The van der Waals surface area contributed by atoms with Crippen molar-refractivity contribution in [3.8, 4) is 0 Å². The van der Waals surface area contributed by atoms with Gasteiger partial charge in [0.2, 0.25) is 0 Å². The number of fused-ring (bicyclic) bond motifs is 1. The van der Waals surface area contributed by atoms with Crippen LogP contribution in [0, 0.1) is 0 Å². The van der Waals surface area contributed by atoms with Crippen molar-refractivity contribution in [3.63, 3.8) is 0 Å². The van der Waals surface area contributed by atoms with Gasteiger partial charge in [-0.15, -0.1) is 0 Å². The molecule has 2 amide bonds. The third-order valence-electron chi connectivity index (χ3n) is 6.34. The molecule has 0 atom stereocenters. The first-order valence-corrected chi connectivity index (χ1v) is 11.5. The fourth-order valence-corrected chi connectivity index (χ4v) is 4.24. The molecule has 32 heavy (non-hydrogen) atoms. The first kappa shape index (κ1) is 23.8. The molecule has 0 saturated carbocycles. The molecule has 0 aromatic heterocycles. The van der Waals surface area contributed by atoms with Crippen LogP contribution in [0.1, 0.15) is 81.4 Å². The average Bonchev–Trinajstić information content (AvgIpc) is 2.72. The number of hydrogen-bond acceptors (Lipinski definition) is 3. The Hall–Kier alpha value is -2.82. The van der Waals surface area contributed by atoms with Crippen LogP contribution in [0.3, 0.4) is 0 Å². The minimum atomic E-state index is -0.282. The van der Waals surface area contributed by atoms with E-state index in [1.165, 1.54) is 11.1 Å². The molecule has 2 N–H and O–H groups in total. The monoisotopic (exact) mass is 436 g/mol. The highest BCUT2D eigenvalue weighted by atomic mass is 16.5. The Morgan fingerprint density at radius 1 is 0.938 bits per heavy atom. The summed E-state index contributed by atoms with van der Waals surface area (Å²) in [5.41, 5.74) is 5.16. The van der Waals surface area contributed by atoms with E-state index in [2.05, 4.69) is 44.4 Å². The number of esters is 1. The maximum absolute atomic E-state index is 12.7. The number of rotatable bonds is 6. The molecular formula is C27H36N2O3. The number of carbonyl (C=O) groups is 2. The maximum atomic E-state index is 12.7. The van der Waals surface area contributed by atoms with Crippen LogP contribution < -0.4 is 10.6 Å². The zero-order valence-corrected chi connectivity index (χ0v) is 20.2. The first-order chi connectivity index (χ1) is 15.0. The van der Waals surface area contributed by atoms with Crippen molar-refractivity contribution in [2.75, 3.05) is 11.9 Å². The smallest absolute Gasteiger partial charge is 0.338 e.